The van der Waals surface area contributed by atoms with Crippen LogP contribution < -0.4 is 0 Å². The van der Waals surface area contributed by atoms with Crippen molar-refractivity contribution in [1.82, 2.24) is 0 Å². The van der Waals surface area contributed by atoms with Crippen LogP contribution in [-0.4, -0.2) is 0 Å². The van der Waals surface area contributed by atoms with E-state index in [4.69, 9.17) is 0 Å². The first-order valence-corrected chi connectivity index (χ1v) is 12.7. The van der Waals surface area contributed by atoms with E-state index >= 15 is 0 Å². The molecule has 7 aromatic rings. The van der Waals surface area contributed by atoms with Gasteiger partial charge in [0.25, 0.3) is 0 Å². The summed E-state index contributed by atoms with van der Waals surface area (Å²) in [5, 5.41) is 10.1. The third-order valence-corrected chi connectivity index (χ3v) is 7.72. The van der Waals surface area contributed by atoms with Crippen molar-refractivity contribution in [2.24, 2.45) is 0 Å². The maximum absolute atomic E-state index is 3.88. The van der Waals surface area contributed by atoms with Crippen molar-refractivity contribution in [3.63, 3.8) is 0 Å². The van der Waals surface area contributed by atoms with E-state index in [0.29, 0.717) is 0 Å². The molecule has 0 heterocycles. The van der Waals surface area contributed by atoms with E-state index in [1.807, 2.05) is 0 Å². The van der Waals surface area contributed by atoms with Crippen LogP contribution in [0.4, 0.5) is 0 Å². The van der Waals surface area contributed by atoms with E-state index in [1.165, 1.54) is 65.3 Å². The molecular weight excluding hydrogens is 488 g/mol. The molecule has 35 heavy (non-hydrogen) atoms. The average Bonchev–Trinajstić information content (AvgIpc) is 2.92. The smallest absolute Gasteiger partial charge is 0.0260 e. The zero-order chi connectivity index (χ0) is 23.4. The summed E-state index contributed by atoms with van der Waals surface area (Å²) in [5.41, 5.74) is 4.95. The molecule has 0 aromatic heterocycles. The van der Waals surface area contributed by atoms with Gasteiger partial charge in [-0.25, -0.2) is 0 Å². The van der Waals surface area contributed by atoms with E-state index in [2.05, 4.69) is 143 Å². The second kappa shape index (κ2) is 8.08. The monoisotopic (exact) mass is 508 g/mol. The number of fused-ring (bicyclic) bond motifs is 5. The molecule has 0 nitrogen and oxygen atoms in total. The lowest BCUT2D eigenvalue weighted by Crippen LogP contribution is -1.85. The lowest BCUT2D eigenvalue weighted by Gasteiger charge is -2.12. The number of benzene rings is 7. The molecule has 0 N–H and O–H groups in total. The summed E-state index contributed by atoms with van der Waals surface area (Å²) in [6.07, 6.45) is 0. The fourth-order valence-corrected chi connectivity index (χ4v) is 5.79. The molecule has 0 saturated heterocycles. The van der Waals surface area contributed by atoms with Crippen LogP contribution in [0.25, 0.3) is 65.3 Å². The maximum Gasteiger partial charge on any atom is 0.0260 e. The fourth-order valence-electron chi connectivity index (χ4n) is 5.22. The molecule has 0 aliphatic rings. The van der Waals surface area contributed by atoms with Gasteiger partial charge < -0.3 is 0 Å². The summed E-state index contributed by atoms with van der Waals surface area (Å²) < 4.78 is 1.12. The molecule has 7 rings (SSSR count). The van der Waals surface area contributed by atoms with Crippen molar-refractivity contribution >= 4 is 59.0 Å². The molecule has 0 fully saturated rings. The Hall–Kier alpha value is -3.94. The highest BCUT2D eigenvalue weighted by molar-refractivity contribution is 9.10. The first-order valence-electron chi connectivity index (χ1n) is 11.9. The van der Waals surface area contributed by atoms with E-state index < -0.39 is 0 Å². The summed E-state index contributed by atoms with van der Waals surface area (Å²) >= 11 is 3.88. The van der Waals surface area contributed by atoms with Gasteiger partial charge >= 0.3 is 0 Å². The van der Waals surface area contributed by atoms with Gasteiger partial charge in [0, 0.05) is 4.47 Å². The average molecular weight is 509 g/mol. The van der Waals surface area contributed by atoms with Crippen molar-refractivity contribution in [1.29, 1.82) is 0 Å². The largest absolute Gasteiger partial charge is 0.0616 e. The van der Waals surface area contributed by atoms with Crippen LogP contribution in [-0.2, 0) is 0 Å². The number of rotatable bonds is 2. The fraction of sp³-hybridized carbons (Fsp3) is 0. The third-order valence-electron chi connectivity index (χ3n) is 7.07. The molecule has 0 radical (unpaired) electrons. The molecule has 7 aromatic carbocycles. The van der Waals surface area contributed by atoms with Gasteiger partial charge in [-0.15, -0.1) is 0 Å². The second-order valence-corrected chi connectivity index (χ2v) is 10.0. The van der Waals surface area contributed by atoms with Gasteiger partial charge in [0.1, 0.15) is 0 Å². The highest BCUT2D eigenvalue weighted by Crippen LogP contribution is 2.37. The van der Waals surface area contributed by atoms with E-state index in [9.17, 15) is 0 Å². The lowest BCUT2D eigenvalue weighted by atomic mass is 9.94. The van der Waals surface area contributed by atoms with Crippen molar-refractivity contribution in [3.05, 3.63) is 132 Å². The van der Waals surface area contributed by atoms with Crippen LogP contribution in [0.5, 0.6) is 0 Å². The standard InChI is InChI=1S/C34H21Br/c35-34-21-30-19-28(26-11-9-22-5-1-3-7-24(22)17-26)13-15-31(30)32-16-14-29(20-33(32)34)27-12-10-23-6-2-4-8-25(23)18-27/h1-21H. The summed E-state index contributed by atoms with van der Waals surface area (Å²) in [4.78, 5) is 0. The van der Waals surface area contributed by atoms with Crippen molar-refractivity contribution in [2.45, 2.75) is 0 Å². The molecule has 0 bridgehead atoms. The van der Waals surface area contributed by atoms with Gasteiger partial charge in [-0.05, 0) is 95.7 Å². The Morgan fingerprint density at radius 1 is 0.314 bits per heavy atom. The van der Waals surface area contributed by atoms with Crippen molar-refractivity contribution in [2.75, 3.05) is 0 Å². The molecule has 0 aliphatic carbocycles. The van der Waals surface area contributed by atoms with Gasteiger partial charge in [-0.3, -0.25) is 0 Å². The Morgan fingerprint density at radius 2 is 0.771 bits per heavy atom. The highest BCUT2D eigenvalue weighted by atomic mass is 79.9. The van der Waals surface area contributed by atoms with E-state index in [-0.39, 0.29) is 0 Å². The topological polar surface area (TPSA) is 0 Å². The number of hydrogen-bond donors (Lipinski definition) is 0. The second-order valence-electron chi connectivity index (χ2n) is 9.18. The Balaban J connectivity index is 1.35. The van der Waals surface area contributed by atoms with Crippen LogP contribution in [0, 0.1) is 0 Å². The molecule has 0 spiro atoms. The quantitative estimate of drug-likeness (QED) is 0.203. The number of hydrogen-bond acceptors (Lipinski definition) is 0. The molecule has 0 aliphatic heterocycles. The van der Waals surface area contributed by atoms with Crippen LogP contribution >= 0.6 is 15.9 Å². The van der Waals surface area contributed by atoms with Gasteiger partial charge in [-0.1, -0.05) is 113 Å². The van der Waals surface area contributed by atoms with Gasteiger partial charge in [0.05, 0.1) is 0 Å². The van der Waals surface area contributed by atoms with Gasteiger partial charge in [-0.2, -0.15) is 0 Å². The van der Waals surface area contributed by atoms with Crippen LogP contribution in [0.3, 0.4) is 0 Å². The Morgan fingerprint density at radius 3 is 1.37 bits per heavy atom. The predicted molar refractivity (Wildman–Crippen MR) is 155 cm³/mol. The van der Waals surface area contributed by atoms with Gasteiger partial charge in [0.15, 0.2) is 0 Å². The summed E-state index contributed by atoms with van der Waals surface area (Å²) in [6, 6.07) is 46.4. The van der Waals surface area contributed by atoms with Crippen molar-refractivity contribution in [3.8, 4) is 22.3 Å². The minimum atomic E-state index is 1.12. The Kier molecular flexibility index (Phi) is 4.72. The summed E-state index contributed by atoms with van der Waals surface area (Å²) in [7, 11) is 0. The lowest BCUT2D eigenvalue weighted by molar-refractivity contribution is 1.66. The first kappa shape index (κ1) is 20.4. The minimum absolute atomic E-state index is 1.12. The third kappa shape index (κ3) is 3.51. The van der Waals surface area contributed by atoms with Crippen LogP contribution in [0.2, 0.25) is 0 Å². The van der Waals surface area contributed by atoms with E-state index in [0.717, 1.165) is 4.47 Å². The van der Waals surface area contributed by atoms with E-state index in [1.54, 1.807) is 0 Å². The maximum atomic E-state index is 3.88. The molecule has 1 heteroatoms. The molecule has 0 saturated carbocycles. The summed E-state index contributed by atoms with van der Waals surface area (Å²) in [5.74, 6) is 0. The van der Waals surface area contributed by atoms with Gasteiger partial charge in [0.2, 0.25) is 0 Å². The SMILES string of the molecule is Brc1cc2cc(-c3ccc4ccccc4c3)ccc2c2ccc(-c3ccc4ccccc4c3)cc12. The van der Waals surface area contributed by atoms with Crippen LogP contribution in [0.1, 0.15) is 0 Å². The first-order chi connectivity index (χ1) is 17.2. The molecule has 0 amide bonds. The molecular formula is C34H21Br. The van der Waals surface area contributed by atoms with Crippen LogP contribution in [0.15, 0.2) is 132 Å². The predicted octanol–water partition coefficient (Wildman–Crippen LogP) is 10.4. The normalized spacial score (nSPS) is 11.6. The molecule has 0 atom stereocenters. The highest BCUT2D eigenvalue weighted by Gasteiger charge is 2.10. The number of halogens is 1. The Labute approximate surface area is 212 Å². The molecule has 164 valence electrons. The zero-order valence-electron chi connectivity index (χ0n) is 19.0. The Bertz CT molecular complexity index is 1910. The minimum Gasteiger partial charge on any atom is -0.0616 e. The zero-order valence-corrected chi connectivity index (χ0v) is 20.6. The summed E-state index contributed by atoms with van der Waals surface area (Å²) in [6.45, 7) is 0. The van der Waals surface area contributed by atoms with Crippen molar-refractivity contribution < 1.29 is 0 Å². The molecule has 0 unspecified atom stereocenters.